The summed E-state index contributed by atoms with van der Waals surface area (Å²) in [6.07, 6.45) is 9.38. The second kappa shape index (κ2) is 22.3. The van der Waals surface area contributed by atoms with E-state index in [1.807, 2.05) is 0 Å². The fourth-order valence-corrected chi connectivity index (χ4v) is 15.2. The van der Waals surface area contributed by atoms with Gasteiger partial charge in [0.1, 0.15) is 0 Å². The third-order valence-electron chi connectivity index (χ3n) is 19.2. The van der Waals surface area contributed by atoms with Crippen molar-refractivity contribution in [2.75, 3.05) is 4.90 Å². The molecule has 1 nitrogen and oxygen atoms in total. The largest absolute Gasteiger partial charge is 0.320 e. The maximum atomic E-state index is 4.74. The number of hydrogen-bond donors (Lipinski definition) is 0. The second-order valence-electron chi connectivity index (χ2n) is 25.1. The molecule has 0 aromatic heterocycles. The molecule has 2 atom stereocenters. The average molecular weight is 1090 g/mol. The van der Waals surface area contributed by atoms with Crippen LogP contribution in [0.4, 0.5) is 5.69 Å². The molecule has 4 aliphatic rings. The Morgan fingerprint density at radius 2 is 0.941 bits per heavy atom. The first kappa shape index (κ1) is 54.1. The summed E-state index contributed by atoms with van der Waals surface area (Å²) < 4.78 is 0. The smallest absolute Gasteiger partial charge is 0.248 e. The van der Waals surface area contributed by atoms with Crippen LogP contribution >= 0.6 is 0 Å². The molecule has 0 saturated heterocycles. The molecular weight excluding hydrogens is 1020 g/mol. The number of rotatable bonds is 11. The SMILES string of the molecule is C=C(/C=C\C)c1cc(-c2ccccc2)c(B2C3=C(C(CC)Cc4ccccc43)N3C4=C(B(c5c(-c6ccccc6)cc(-c6ccccc6)cc5-c5ccccc5)c5cc(C(C)(C)C)cc2c53)c2ccccc2C(CC)CC4)c(-c2ccccc2)c1. The highest BCUT2D eigenvalue weighted by atomic mass is 15.2. The Morgan fingerprint density at radius 3 is 1.44 bits per heavy atom. The molecular formula is C82H73B2N. The van der Waals surface area contributed by atoms with Gasteiger partial charge in [0.15, 0.2) is 0 Å². The molecule has 2 heterocycles. The molecule has 412 valence electrons. The van der Waals surface area contributed by atoms with E-state index in [-0.39, 0.29) is 24.8 Å². The van der Waals surface area contributed by atoms with Gasteiger partial charge in [0.05, 0.1) is 0 Å². The van der Waals surface area contributed by atoms with Crippen molar-refractivity contribution in [1.29, 1.82) is 0 Å². The summed E-state index contributed by atoms with van der Waals surface area (Å²) in [6, 6.07) is 90.8. The molecule has 0 fully saturated rings. The molecule has 10 aromatic carbocycles. The molecule has 10 aromatic rings. The summed E-state index contributed by atoms with van der Waals surface area (Å²) in [6.45, 7) is 18.7. The van der Waals surface area contributed by atoms with E-state index >= 15 is 0 Å². The Morgan fingerprint density at radius 1 is 0.494 bits per heavy atom. The summed E-state index contributed by atoms with van der Waals surface area (Å²) in [5.41, 5.74) is 34.0. The minimum absolute atomic E-state index is 0.165. The van der Waals surface area contributed by atoms with Gasteiger partial charge in [-0.3, -0.25) is 0 Å². The van der Waals surface area contributed by atoms with Crippen molar-refractivity contribution in [3.63, 3.8) is 0 Å². The minimum atomic E-state index is -0.222. The Bertz CT molecular complexity index is 4180. The maximum Gasteiger partial charge on any atom is 0.248 e. The van der Waals surface area contributed by atoms with Crippen LogP contribution in [0.2, 0.25) is 0 Å². The molecule has 0 spiro atoms. The van der Waals surface area contributed by atoms with Gasteiger partial charge in [-0.05, 0) is 191 Å². The highest BCUT2D eigenvalue weighted by Crippen LogP contribution is 2.53. The van der Waals surface area contributed by atoms with E-state index in [2.05, 4.69) is 295 Å². The fourth-order valence-electron chi connectivity index (χ4n) is 15.2. The lowest BCUT2D eigenvalue weighted by Crippen LogP contribution is -2.61. The predicted octanol–water partition coefficient (Wildman–Crippen LogP) is 18.7. The zero-order valence-corrected chi connectivity index (χ0v) is 50.2. The van der Waals surface area contributed by atoms with Crippen LogP contribution in [-0.2, 0) is 11.8 Å². The van der Waals surface area contributed by atoms with E-state index in [0.717, 1.165) is 43.2 Å². The molecule has 3 heteroatoms. The van der Waals surface area contributed by atoms with Crippen molar-refractivity contribution in [2.45, 2.75) is 85.0 Å². The third kappa shape index (κ3) is 9.35. The molecule has 0 N–H and O–H groups in total. The normalized spacial score (nSPS) is 16.1. The molecule has 0 radical (unpaired) electrons. The van der Waals surface area contributed by atoms with Gasteiger partial charge >= 0.3 is 0 Å². The molecule has 0 saturated carbocycles. The first-order valence-electron chi connectivity index (χ1n) is 31.2. The minimum Gasteiger partial charge on any atom is -0.320 e. The molecule has 0 bridgehead atoms. The van der Waals surface area contributed by atoms with E-state index in [1.165, 1.54) is 133 Å². The number of anilines is 1. The van der Waals surface area contributed by atoms with Crippen molar-refractivity contribution in [2.24, 2.45) is 5.92 Å². The summed E-state index contributed by atoms with van der Waals surface area (Å²) in [4.78, 5) is 2.95. The standard InChI is InChI=1S/C82H73B2N/c1-8-30-54(4)63-48-69(58-33-18-12-19-34-58)77(70(49-63)59-35-20-13-21-36-59)84-74-53-65(82(5,6)7)52-73-81(74)85(80-56(10-3)47-62-41-26-27-43-67(62)79(80)84)75-46-45-55(9-2)66-42-28-29-44-68(66)78(75)83(73)76-71(60-37-22-14-23-38-60)50-64(57-31-16-11-17-32-57)51-72(76)61-39-24-15-25-40-61/h8,11-44,48-53,55-56H,4,9-10,45-47H2,1-3,5-7H3/b30-8-. The summed E-state index contributed by atoms with van der Waals surface area (Å²) in [7, 11) is 0. The van der Waals surface area contributed by atoms with E-state index < -0.39 is 0 Å². The van der Waals surface area contributed by atoms with Crippen molar-refractivity contribution in [3.8, 4) is 55.6 Å². The van der Waals surface area contributed by atoms with Crippen molar-refractivity contribution in [3.05, 3.63) is 300 Å². The lowest BCUT2D eigenvalue weighted by atomic mass is 9.27. The molecule has 2 unspecified atom stereocenters. The summed E-state index contributed by atoms with van der Waals surface area (Å²) in [5, 5.41) is 0. The lowest BCUT2D eigenvalue weighted by Gasteiger charge is -2.51. The van der Waals surface area contributed by atoms with Crippen LogP contribution in [0, 0.1) is 5.92 Å². The van der Waals surface area contributed by atoms with E-state index in [4.69, 9.17) is 6.58 Å². The number of nitrogens with zero attached hydrogens (tertiary/aromatic N) is 1. The first-order chi connectivity index (χ1) is 41.6. The van der Waals surface area contributed by atoms with Gasteiger partial charge in [-0.2, -0.15) is 0 Å². The Kier molecular flexibility index (Phi) is 14.2. The van der Waals surface area contributed by atoms with Gasteiger partial charge in [-0.15, -0.1) is 0 Å². The third-order valence-corrected chi connectivity index (χ3v) is 19.2. The average Bonchev–Trinajstić information content (AvgIpc) is 1.32. The summed E-state index contributed by atoms with van der Waals surface area (Å²) >= 11 is 0. The van der Waals surface area contributed by atoms with Crippen LogP contribution in [0.25, 0.3) is 72.2 Å². The quantitative estimate of drug-likeness (QED) is 0.0922. The zero-order chi connectivity index (χ0) is 57.9. The van der Waals surface area contributed by atoms with Crippen molar-refractivity contribution < 1.29 is 0 Å². The van der Waals surface area contributed by atoms with Gasteiger partial charge in [0.25, 0.3) is 0 Å². The van der Waals surface area contributed by atoms with Gasteiger partial charge < -0.3 is 4.90 Å². The molecule has 2 aliphatic heterocycles. The van der Waals surface area contributed by atoms with Crippen molar-refractivity contribution >= 4 is 57.5 Å². The van der Waals surface area contributed by atoms with Crippen LogP contribution in [-0.4, -0.2) is 13.4 Å². The van der Waals surface area contributed by atoms with E-state index in [1.54, 1.807) is 0 Å². The number of benzene rings is 10. The van der Waals surface area contributed by atoms with Gasteiger partial charge in [0, 0.05) is 23.0 Å². The molecule has 14 rings (SSSR count). The Balaban J connectivity index is 1.22. The number of hydrogen-bond acceptors (Lipinski definition) is 1. The molecule has 85 heavy (non-hydrogen) atoms. The summed E-state index contributed by atoms with van der Waals surface area (Å²) in [5.74, 6) is 0.649. The number of fused-ring (bicyclic) bond motifs is 6. The maximum absolute atomic E-state index is 4.74. The van der Waals surface area contributed by atoms with Crippen LogP contribution in [0.5, 0.6) is 0 Å². The first-order valence-corrected chi connectivity index (χ1v) is 31.2. The topological polar surface area (TPSA) is 3.24 Å². The Hall–Kier alpha value is -8.91. The fraction of sp³-hybridized carbons (Fsp3) is 0.171. The number of allylic oxidation sites excluding steroid dienone is 5. The lowest BCUT2D eigenvalue weighted by molar-refractivity contribution is 0.559. The van der Waals surface area contributed by atoms with Crippen LogP contribution in [0.15, 0.2) is 267 Å². The highest BCUT2D eigenvalue weighted by Gasteiger charge is 2.52. The molecule has 0 amide bonds. The molecule has 2 aliphatic carbocycles. The second-order valence-corrected chi connectivity index (χ2v) is 25.1. The highest BCUT2D eigenvalue weighted by molar-refractivity contribution is 7.06. The van der Waals surface area contributed by atoms with Gasteiger partial charge in [0.2, 0.25) is 13.4 Å². The van der Waals surface area contributed by atoms with Crippen molar-refractivity contribution in [1.82, 2.24) is 0 Å². The van der Waals surface area contributed by atoms with Gasteiger partial charge in [-0.25, -0.2) is 0 Å². The zero-order valence-electron chi connectivity index (χ0n) is 50.2. The van der Waals surface area contributed by atoms with Crippen LogP contribution < -0.4 is 26.8 Å². The van der Waals surface area contributed by atoms with Crippen LogP contribution in [0.1, 0.15) is 107 Å². The Labute approximate surface area is 506 Å². The van der Waals surface area contributed by atoms with Crippen LogP contribution in [0.3, 0.4) is 0 Å². The van der Waals surface area contributed by atoms with E-state index in [9.17, 15) is 0 Å². The van der Waals surface area contributed by atoms with E-state index in [0.29, 0.717) is 5.92 Å². The van der Waals surface area contributed by atoms with Gasteiger partial charge in [-0.1, -0.05) is 277 Å². The monoisotopic (exact) mass is 1090 g/mol. The predicted molar refractivity (Wildman–Crippen MR) is 368 cm³/mol.